The summed E-state index contributed by atoms with van der Waals surface area (Å²) in [4.78, 5) is 4.40. The number of nitrogens with zero attached hydrogens (tertiary/aromatic N) is 1. The Hall–Kier alpha value is -0.550. The Bertz CT molecular complexity index is 422. The van der Waals surface area contributed by atoms with Gasteiger partial charge in [-0.1, -0.05) is 18.7 Å². The molecular formula is C11H12BrFN2S. The smallest absolute Gasteiger partial charge is 0.161 e. The van der Waals surface area contributed by atoms with Gasteiger partial charge in [-0.05, 0) is 40.0 Å². The second-order valence-electron chi connectivity index (χ2n) is 3.81. The summed E-state index contributed by atoms with van der Waals surface area (Å²) in [5.74, 6) is 1.42. The van der Waals surface area contributed by atoms with Crippen molar-refractivity contribution < 1.29 is 4.39 Å². The van der Waals surface area contributed by atoms with Gasteiger partial charge < -0.3 is 5.32 Å². The van der Waals surface area contributed by atoms with Crippen LogP contribution in [0.1, 0.15) is 6.92 Å². The fourth-order valence-electron chi connectivity index (χ4n) is 1.34. The van der Waals surface area contributed by atoms with E-state index in [0.29, 0.717) is 5.92 Å². The fraction of sp³-hybridized carbons (Fsp3) is 0.364. The molecule has 0 amide bonds. The van der Waals surface area contributed by atoms with Crippen molar-refractivity contribution in [1.29, 1.82) is 0 Å². The van der Waals surface area contributed by atoms with Gasteiger partial charge in [0.15, 0.2) is 5.17 Å². The molecule has 0 aromatic heterocycles. The first-order valence-corrected chi connectivity index (χ1v) is 6.82. The molecule has 0 saturated carbocycles. The van der Waals surface area contributed by atoms with Crippen LogP contribution < -0.4 is 5.32 Å². The average Bonchev–Trinajstić information content (AvgIpc) is 2.27. The molecule has 86 valence electrons. The van der Waals surface area contributed by atoms with Crippen LogP contribution >= 0.6 is 27.7 Å². The Labute approximate surface area is 107 Å². The highest BCUT2D eigenvalue weighted by molar-refractivity contribution is 9.10. The molecule has 2 nitrogen and oxygen atoms in total. The van der Waals surface area contributed by atoms with Crippen LogP contribution in [0.15, 0.2) is 27.7 Å². The predicted octanol–water partition coefficient (Wildman–Crippen LogP) is 3.74. The van der Waals surface area contributed by atoms with E-state index in [0.717, 1.165) is 27.6 Å². The van der Waals surface area contributed by atoms with Crippen molar-refractivity contribution in [1.82, 2.24) is 0 Å². The molecule has 1 aromatic rings. The number of amidine groups is 1. The zero-order chi connectivity index (χ0) is 11.5. The molecule has 0 spiro atoms. The molecule has 0 bridgehead atoms. The van der Waals surface area contributed by atoms with Crippen molar-refractivity contribution in [3.63, 3.8) is 0 Å². The minimum Gasteiger partial charge on any atom is -0.334 e. The first-order chi connectivity index (χ1) is 7.65. The molecule has 1 atom stereocenters. The van der Waals surface area contributed by atoms with Gasteiger partial charge in [0.2, 0.25) is 0 Å². The maximum atomic E-state index is 13.1. The molecule has 0 aliphatic carbocycles. The number of halogens is 2. The minimum atomic E-state index is -0.250. The van der Waals surface area contributed by atoms with E-state index < -0.39 is 0 Å². The summed E-state index contributed by atoms with van der Waals surface area (Å²) in [6.07, 6.45) is 0. The van der Waals surface area contributed by atoms with E-state index in [1.165, 1.54) is 12.1 Å². The highest BCUT2D eigenvalue weighted by Crippen LogP contribution is 2.26. The normalized spacial score (nSPS) is 20.4. The highest BCUT2D eigenvalue weighted by Gasteiger charge is 2.13. The van der Waals surface area contributed by atoms with Crippen LogP contribution in [0.4, 0.5) is 10.1 Å². The van der Waals surface area contributed by atoms with Gasteiger partial charge in [-0.15, -0.1) is 0 Å². The van der Waals surface area contributed by atoms with Crippen LogP contribution in [0.3, 0.4) is 0 Å². The highest BCUT2D eigenvalue weighted by atomic mass is 79.9. The summed E-state index contributed by atoms with van der Waals surface area (Å²) < 4.78 is 13.9. The minimum absolute atomic E-state index is 0.250. The molecule has 1 N–H and O–H groups in total. The van der Waals surface area contributed by atoms with Crippen molar-refractivity contribution in [3.8, 4) is 0 Å². The number of anilines is 1. The van der Waals surface area contributed by atoms with E-state index in [1.807, 2.05) is 0 Å². The lowest BCUT2D eigenvalue weighted by atomic mass is 10.2. The second kappa shape index (κ2) is 5.19. The van der Waals surface area contributed by atoms with Gasteiger partial charge in [0.05, 0.1) is 5.69 Å². The molecule has 1 heterocycles. The van der Waals surface area contributed by atoms with Crippen LogP contribution in [0.2, 0.25) is 0 Å². The van der Waals surface area contributed by atoms with Crippen molar-refractivity contribution in [2.45, 2.75) is 6.92 Å². The van der Waals surface area contributed by atoms with Crippen LogP contribution in [0, 0.1) is 11.7 Å². The van der Waals surface area contributed by atoms with Crippen LogP contribution in [0.25, 0.3) is 0 Å². The molecule has 0 saturated heterocycles. The third-order valence-electron chi connectivity index (χ3n) is 2.22. The van der Waals surface area contributed by atoms with Gasteiger partial charge in [-0.2, -0.15) is 0 Å². The molecule has 1 aliphatic rings. The third-order valence-corrected chi connectivity index (χ3v) is 4.15. The number of aliphatic imine (C=N–C) groups is 1. The van der Waals surface area contributed by atoms with E-state index in [4.69, 9.17) is 0 Å². The molecule has 1 aromatic carbocycles. The van der Waals surface area contributed by atoms with Crippen LogP contribution in [-0.2, 0) is 0 Å². The van der Waals surface area contributed by atoms with Crippen molar-refractivity contribution in [3.05, 3.63) is 28.5 Å². The molecular weight excluding hydrogens is 291 g/mol. The fourth-order valence-corrected chi connectivity index (χ4v) is 2.58. The van der Waals surface area contributed by atoms with Gasteiger partial charge >= 0.3 is 0 Å². The summed E-state index contributed by atoms with van der Waals surface area (Å²) in [5, 5.41) is 4.00. The number of benzene rings is 1. The number of nitrogens with one attached hydrogen (secondary N) is 1. The predicted molar refractivity (Wildman–Crippen MR) is 71.6 cm³/mol. The van der Waals surface area contributed by atoms with E-state index in [1.54, 1.807) is 17.8 Å². The Morgan fingerprint density at radius 3 is 3.06 bits per heavy atom. The maximum Gasteiger partial charge on any atom is 0.161 e. The van der Waals surface area contributed by atoms with Gasteiger partial charge in [-0.3, -0.25) is 4.99 Å². The van der Waals surface area contributed by atoms with E-state index in [2.05, 4.69) is 33.2 Å². The Morgan fingerprint density at radius 2 is 2.38 bits per heavy atom. The van der Waals surface area contributed by atoms with E-state index >= 15 is 0 Å². The number of rotatable bonds is 1. The number of hydrogen-bond donors (Lipinski definition) is 1. The quantitative estimate of drug-likeness (QED) is 0.854. The van der Waals surface area contributed by atoms with Crippen molar-refractivity contribution in [2.75, 3.05) is 17.6 Å². The Morgan fingerprint density at radius 1 is 1.56 bits per heavy atom. The Balaban J connectivity index is 2.12. The Kier molecular flexibility index (Phi) is 3.86. The first-order valence-electron chi connectivity index (χ1n) is 5.04. The molecule has 1 aliphatic heterocycles. The standard InChI is InChI=1S/C11H12BrFN2S/c1-7-5-14-11(16-6-7)15-10-4-8(13)2-3-9(10)12/h2-4,7H,5-6H2,1H3,(H,14,15). The SMILES string of the molecule is CC1CN=C(Nc2cc(F)ccc2Br)SC1. The molecule has 0 fully saturated rings. The molecule has 2 rings (SSSR count). The summed E-state index contributed by atoms with van der Waals surface area (Å²) >= 11 is 5.05. The van der Waals surface area contributed by atoms with Crippen molar-refractivity contribution >= 4 is 38.5 Å². The second-order valence-corrected chi connectivity index (χ2v) is 5.67. The van der Waals surface area contributed by atoms with Gasteiger partial charge in [0.1, 0.15) is 5.82 Å². The molecule has 0 radical (unpaired) electrons. The zero-order valence-electron chi connectivity index (χ0n) is 8.84. The molecule has 1 unspecified atom stereocenters. The van der Waals surface area contributed by atoms with Crippen LogP contribution in [0.5, 0.6) is 0 Å². The van der Waals surface area contributed by atoms with E-state index in [-0.39, 0.29) is 5.82 Å². The first kappa shape index (κ1) is 11.9. The number of thioether (sulfide) groups is 1. The van der Waals surface area contributed by atoms with Gasteiger partial charge in [0, 0.05) is 16.8 Å². The van der Waals surface area contributed by atoms with Gasteiger partial charge in [0.25, 0.3) is 0 Å². The summed E-state index contributed by atoms with van der Waals surface area (Å²) in [5.41, 5.74) is 0.723. The lowest BCUT2D eigenvalue weighted by Crippen LogP contribution is -2.18. The summed E-state index contributed by atoms with van der Waals surface area (Å²) in [6.45, 7) is 3.01. The molecule has 16 heavy (non-hydrogen) atoms. The largest absolute Gasteiger partial charge is 0.334 e. The third kappa shape index (κ3) is 2.98. The van der Waals surface area contributed by atoms with E-state index in [9.17, 15) is 4.39 Å². The molecule has 5 heteroatoms. The average molecular weight is 303 g/mol. The summed E-state index contributed by atoms with van der Waals surface area (Å²) in [7, 11) is 0. The lowest BCUT2D eigenvalue weighted by Gasteiger charge is -2.18. The zero-order valence-corrected chi connectivity index (χ0v) is 11.2. The topological polar surface area (TPSA) is 24.4 Å². The van der Waals surface area contributed by atoms with Crippen LogP contribution in [-0.4, -0.2) is 17.5 Å². The lowest BCUT2D eigenvalue weighted by molar-refractivity contribution is 0.628. The summed E-state index contributed by atoms with van der Waals surface area (Å²) in [6, 6.07) is 4.58. The maximum absolute atomic E-state index is 13.1. The number of hydrogen-bond acceptors (Lipinski definition) is 3. The van der Waals surface area contributed by atoms with Gasteiger partial charge in [-0.25, -0.2) is 4.39 Å². The monoisotopic (exact) mass is 302 g/mol. The van der Waals surface area contributed by atoms with Crippen molar-refractivity contribution in [2.24, 2.45) is 10.9 Å².